The molecule has 0 aromatic carbocycles. The summed E-state index contributed by atoms with van der Waals surface area (Å²) in [4.78, 5) is 0. The zero-order chi connectivity index (χ0) is 8.27. The van der Waals surface area contributed by atoms with Crippen LogP contribution in [0.4, 0.5) is 0 Å². The zero-order valence-electron chi connectivity index (χ0n) is 7.42. The quantitative estimate of drug-likeness (QED) is 0.680. The van der Waals surface area contributed by atoms with Gasteiger partial charge in [0.25, 0.3) is 0 Å². The van der Waals surface area contributed by atoms with Crippen LogP contribution in [0.5, 0.6) is 0 Å². The summed E-state index contributed by atoms with van der Waals surface area (Å²) < 4.78 is 5.33. The topological polar surface area (TPSA) is 29.5 Å². The standard InChI is InChI=1S/C9H18O2/c1-3-4-5-8-7(2)6-9(10)11-8/h7-10H,3-6H2,1-2H3. The summed E-state index contributed by atoms with van der Waals surface area (Å²) in [6.07, 6.45) is 4.16. The Kier molecular flexibility index (Phi) is 3.34. The second kappa shape index (κ2) is 4.07. The minimum atomic E-state index is -0.494. The van der Waals surface area contributed by atoms with Gasteiger partial charge in [-0.15, -0.1) is 0 Å². The summed E-state index contributed by atoms with van der Waals surface area (Å²) in [6.45, 7) is 4.33. The van der Waals surface area contributed by atoms with Crippen molar-refractivity contribution in [1.82, 2.24) is 0 Å². The molecule has 1 rings (SSSR count). The molecule has 1 heterocycles. The van der Waals surface area contributed by atoms with Gasteiger partial charge in [-0.25, -0.2) is 0 Å². The minimum Gasteiger partial charge on any atom is -0.368 e. The van der Waals surface area contributed by atoms with Gasteiger partial charge in [0.15, 0.2) is 6.29 Å². The van der Waals surface area contributed by atoms with E-state index in [9.17, 15) is 0 Å². The van der Waals surface area contributed by atoms with E-state index in [4.69, 9.17) is 9.84 Å². The third-order valence-electron chi connectivity index (χ3n) is 2.38. The lowest BCUT2D eigenvalue weighted by Crippen LogP contribution is -2.13. The van der Waals surface area contributed by atoms with E-state index >= 15 is 0 Å². The van der Waals surface area contributed by atoms with Crippen LogP contribution in [0.15, 0.2) is 0 Å². The Bertz CT molecular complexity index is 114. The molecule has 0 aromatic rings. The number of aliphatic hydroxyl groups is 1. The highest BCUT2D eigenvalue weighted by Gasteiger charge is 2.29. The minimum absolute atomic E-state index is 0.310. The molecule has 0 aliphatic carbocycles. The third-order valence-corrected chi connectivity index (χ3v) is 2.38. The molecule has 2 heteroatoms. The van der Waals surface area contributed by atoms with Gasteiger partial charge in [-0.1, -0.05) is 26.7 Å². The first-order valence-corrected chi connectivity index (χ1v) is 4.57. The number of ether oxygens (including phenoxy) is 1. The molecule has 1 aliphatic rings. The Morgan fingerprint density at radius 3 is 2.73 bits per heavy atom. The van der Waals surface area contributed by atoms with Crippen LogP contribution in [-0.4, -0.2) is 17.5 Å². The molecule has 0 aromatic heterocycles. The van der Waals surface area contributed by atoms with Gasteiger partial charge in [0, 0.05) is 6.42 Å². The first-order chi connectivity index (χ1) is 5.24. The summed E-state index contributed by atoms with van der Waals surface area (Å²) in [5.74, 6) is 0.538. The smallest absolute Gasteiger partial charge is 0.155 e. The predicted molar refractivity (Wildman–Crippen MR) is 44.2 cm³/mol. The van der Waals surface area contributed by atoms with Crippen LogP contribution in [0.25, 0.3) is 0 Å². The van der Waals surface area contributed by atoms with Gasteiger partial charge in [0.2, 0.25) is 0 Å². The molecule has 1 aliphatic heterocycles. The Morgan fingerprint density at radius 1 is 1.55 bits per heavy atom. The van der Waals surface area contributed by atoms with Crippen LogP contribution in [-0.2, 0) is 4.74 Å². The van der Waals surface area contributed by atoms with Crippen molar-refractivity contribution in [3.63, 3.8) is 0 Å². The van der Waals surface area contributed by atoms with Crippen LogP contribution in [0.2, 0.25) is 0 Å². The average Bonchev–Trinajstić information content (AvgIpc) is 2.26. The van der Waals surface area contributed by atoms with E-state index in [2.05, 4.69) is 13.8 Å². The molecule has 0 bridgehead atoms. The van der Waals surface area contributed by atoms with Crippen LogP contribution in [0, 0.1) is 5.92 Å². The SMILES string of the molecule is CCCCC1OC(O)CC1C. The Hall–Kier alpha value is -0.0800. The van der Waals surface area contributed by atoms with Crippen molar-refractivity contribution in [3.05, 3.63) is 0 Å². The van der Waals surface area contributed by atoms with E-state index in [0.29, 0.717) is 12.0 Å². The van der Waals surface area contributed by atoms with Crippen molar-refractivity contribution in [1.29, 1.82) is 0 Å². The molecular formula is C9H18O2. The van der Waals surface area contributed by atoms with E-state index in [1.54, 1.807) is 0 Å². The number of hydrogen-bond donors (Lipinski definition) is 1. The van der Waals surface area contributed by atoms with Gasteiger partial charge in [-0.3, -0.25) is 0 Å². The summed E-state index contributed by atoms with van der Waals surface area (Å²) in [5, 5.41) is 9.15. The van der Waals surface area contributed by atoms with E-state index in [0.717, 1.165) is 12.8 Å². The lowest BCUT2D eigenvalue weighted by atomic mass is 9.99. The largest absolute Gasteiger partial charge is 0.368 e. The molecule has 66 valence electrons. The highest BCUT2D eigenvalue weighted by molar-refractivity contribution is 4.74. The monoisotopic (exact) mass is 158 g/mol. The Morgan fingerprint density at radius 2 is 2.27 bits per heavy atom. The van der Waals surface area contributed by atoms with Crippen LogP contribution in [0.3, 0.4) is 0 Å². The fourth-order valence-corrected chi connectivity index (χ4v) is 1.62. The number of unbranched alkanes of at least 4 members (excludes halogenated alkanes) is 1. The van der Waals surface area contributed by atoms with Crippen LogP contribution >= 0.6 is 0 Å². The second-order valence-corrected chi connectivity index (χ2v) is 3.48. The van der Waals surface area contributed by atoms with Gasteiger partial charge in [0.05, 0.1) is 6.10 Å². The summed E-state index contributed by atoms with van der Waals surface area (Å²) in [7, 11) is 0. The van der Waals surface area contributed by atoms with Gasteiger partial charge in [0.1, 0.15) is 0 Å². The van der Waals surface area contributed by atoms with Crippen molar-refractivity contribution in [2.45, 2.75) is 51.9 Å². The first kappa shape index (κ1) is 9.01. The molecule has 0 saturated carbocycles. The molecule has 0 amide bonds. The Balaban J connectivity index is 2.23. The van der Waals surface area contributed by atoms with E-state index in [1.807, 2.05) is 0 Å². The van der Waals surface area contributed by atoms with Crippen LogP contribution < -0.4 is 0 Å². The summed E-state index contributed by atoms with van der Waals surface area (Å²) in [6, 6.07) is 0. The molecule has 11 heavy (non-hydrogen) atoms. The van der Waals surface area contributed by atoms with Gasteiger partial charge < -0.3 is 9.84 Å². The van der Waals surface area contributed by atoms with E-state index in [1.165, 1.54) is 12.8 Å². The number of aliphatic hydroxyl groups excluding tert-OH is 1. The molecule has 3 unspecified atom stereocenters. The van der Waals surface area contributed by atoms with Crippen molar-refractivity contribution < 1.29 is 9.84 Å². The lowest BCUT2D eigenvalue weighted by Gasteiger charge is -2.12. The van der Waals surface area contributed by atoms with Crippen molar-refractivity contribution in [2.75, 3.05) is 0 Å². The first-order valence-electron chi connectivity index (χ1n) is 4.57. The van der Waals surface area contributed by atoms with Crippen molar-refractivity contribution in [2.24, 2.45) is 5.92 Å². The molecule has 1 N–H and O–H groups in total. The highest BCUT2D eigenvalue weighted by Crippen LogP contribution is 2.27. The predicted octanol–water partition coefficient (Wildman–Crippen LogP) is 1.92. The highest BCUT2D eigenvalue weighted by atomic mass is 16.6. The summed E-state index contributed by atoms with van der Waals surface area (Å²) >= 11 is 0. The second-order valence-electron chi connectivity index (χ2n) is 3.48. The Labute approximate surface area is 68.6 Å². The zero-order valence-corrected chi connectivity index (χ0v) is 7.42. The van der Waals surface area contributed by atoms with Gasteiger partial charge in [-0.2, -0.15) is 0 Å². The van der Waals surface area contributed by atoms with Crippen molar-refractivity contribution in [3.8, 4) is 0 Å². The lowest BCUT2D eigenvalue weighted by molar-refractivity contribution is -0.0937. The van der Waals surface area contributed by atoms with E-state index in [-0.39, 0.29) is 0 Å². The molecule has 0 radical (unpaired) electrons. The maximum absolute atomic E-state index is 9.15. The van der Waals surface area contributed by atoms with Crippen molar-refractivity contribution >= 4 is 0 Å². The summed E-state index contributed by atoms with van der Waals surface area (Å²) in [5.41, 5.74) is 0. The average molecular weight is 158 g/mol. The van der Waals surface area contributed by atoms with Gasteiger partial charge >= 0.3 is 0 Å². The molecule has 3 atom stereocenters. The normalized spacial score (nSPS) is 37.9. The molecule has 1 fully saturated rings. The fourth-order valence-electron chi connectivity index (χ4n) is 1.62. The molecule has 2 nitrogen and oxygen atoms in total. The maximum Gasteiger partial charge on any atom is 0.155 e. The van der Waals surface area contributed by atoms with Crippen LogP contribution in [0.1, 0.15) is 39.5 Å². The fraction of sp³-hybridized carbons (Fsp3) is 1.00. The number of rotatable bonds is 3. The maximum atomic E-state index is 9.15. The molecule has 0 spiro atoms. The molecular weight excluding hydrogens is 140 g/mol. The molecule has 1 saturated heterocycles. The van der Waals surface area contributed by atoms with Gasteiger partial charge in [-0.05, 0) is 12.3 Å². The van der Waals surface area contributed by atoms with E-state index < -0.39 is 6.29 Å². The third kappa shape index (κ3) is 2.46. The number of hydrogen-bond acceptors (Lipinski definition) is 2.